The molecule has 1 aromatic heterocycles. The van der Waals surface area contributed by atoms with Gasteiger partial charge in [-0.1, -0.05) is 0 Å². The molecular formula is C9H13N3O4. The molecule has 0 spiro atoms. The lowest BCUT2D eigenvalue weighted by molar-refractivity contribution is -0.386. The van der Waals surface area contributed by atoms with E-state index in [-0.39, 0.29) is 23.9 Å². The molecular weight excluding hydrogens is 214 g/mol. The Morgan fingerprint density at radius 3 is 2.81 bits per heavy atom. The summed E-state index contributed by atoms with van der Waals surface area (Å²) in [5.41, 5.74) is 4.32. The van der Waals surface area contributed by atoms with Crippen LogP contribution in [0.1, 0.15) is 13.8 Å². The Bertz CT molecular complexity index is 406. The third-order valence-corrected chi connectivity index (χ3v) is 1.80. The fraction of sp³-hybridized carbons (Fsp3) is 0.444. The van der Waals surface area contributed by atoms with Crippen molar-refractivity contribution in [3.8, 4) is 5.88 Å². The standard InChI is InChI=1S/C9H13N3O4/c1-9(2,5-13)16-8-7(12(14)15)3-6(10)4-11-8/h3-4,13H,5,10H2,1-2H3. The van der Waals surface area contributed by atoms with E-state index in [0.29, 0.717) is 0 Å². The minimum Gasteiger partial charge on any atom is -0.464 e. The Balaban J connectivity index is 3.09. The maximum Gasteiger partial charge on any atom is 0.333 e. The normalized spacial score (nSPS) is 11.2. The highest BCUT2D eigenvalue weighted by atomic mass is 16.6. The Kier molecular flexibility index (Phi) is 3.28. The number of hydrogen-bond donors (Lipinski definition) is 2. The zero-order valence-corrected chi connectivity index (χ0v) is 9.01. The molecule has 0 amide bonds. The average molecular weight is 227 g/mol. The number of anilines is 1. The van der Waals surface area contributed by atoms with E-state index in [0.717, 1.165) is 6.07 Å². The van der Waals surface area contributed by atoms with Crippen LogP contribution in [0.2, 0.25) is 0 Å². The number of nitrogen functional groups attached to an aromatic ring is 1. The van der Waals surface area contributed by atoms with Gasteiger partial charge in [-0.2, -0.15) is 0 Å². The summed E-state index contributed by atoms with van der Waals surface area (Å²) in [6.07, 6.45) is 1.26. The Morgan fingerprint density at radius 2 is 2.31 bits per heavy atom. The van der Waals surface area contributed by atoms with E-state index in [1.807, 2.05) is 0 Å². The van der Waals surface area contributed by atoms with E-state index < -0.39 is 10.5 Å². The van der Waals surface area contributed by atoms with Gasteiger partial charge in [-0.25, -0.2) is 4.98 Å². The second-order valence-corrected chi connectivity index (χ2v) is 3.87. The van der Waals surface area contributed by atoms with Gasteiger partial charge in [0.1, 0.15) is 5.60 Å². The summed E-state index contributed by atoms with van der Waals surface area (Å²) in [6, 6.07) is 1.16. The number of rotatable bonds is 4. The highest BCUT2D eigenvalue weighted by Crippen LogP contribution is 2.28. The summed E-state index contributed by atoms with van der Waals surface area (Å²) in [4.78, 5) is 13.8. The molecule has 0 aliphatic heterocycles. The Hall–Kier alpha value is -1.89. The van der Waals surface area contributed by atoms with Crippen LogP contribution in [0.15, 0.2) is 12.3 Å². The van der Waals surface area contributed by atoms with Gasteiger partial charge in [0.2, 0.25) is 0 Å². The molecule has 0 aliphatic carbocycles. The Labute approximate surface area is 92.0 Å². The van der Waals surface area contributed by atoms with Gasteiger partial charge in [0, 0.05) is 6.07 Å². The van der Waals surface area contributed by atoms with Crippen LogP contribution in [0.4, 0.5) is 11.4 Å². The summed E-state index contributed by atoms with van der Waals surface area (Å²) < 4.78 is 5.24. The molecule has 0 saturated heterocycles. The van der Waals surface area contributed by atoms with Gasteiger partial charge in [-0.15, -0.1) is 0 Å². The molecule has 0 unspecified atom stereocenters. The zero-order valence-electron chi connectivity index (χ0n) is 9.01. The van der Waals surface area contributed by atoms with Crippen LogP contribution >= 0.6 is 0 Å². The minimum atomic E-state index is -0.937. The third kappa shape index (κ3) is 2.80. The maximum atomic E-state index is 10.7. The van der Waals surface area contributed by atoms with Crippen LogP contribution in [0.5, 0.6) is 5.88 Å². The highest BCUT2D eigenvalue weighted by Gasteiger charge is 2.25. The van der Waals surface area contributed by atoms with E-state index in [9.17, 15) is 10.1 Å². The fourth-order valence-corrected chi connectivity index (χ4v) is 0.960. The fourth-order valence-electron chi connectivity index (χ4n) is 0.960. The smallest absolute Gasteiger partial charge is 0.333 e. The molecule has 7 nitrogen and oxygen atoms in total. The van der Waals surface area contributed by atoms with Crippen LogP contribution in [-0.4, -0.2) is 27.2 Å². The van der Waals surface area contributed by atoms with Gasteiger partial charge in [-0.05, 0) is 13.8 Å². The van der Waals surface area contributed by atoms with Gasteiger partial charge < -0.3 is 15.6 Å². The number of aromatic nitrogens is 1. The largest absolute Gasteiger partial charge is 0.464 e. The quantitative estimate of drug-likeness (QED) is 0.579. The van der Waals surface area contributed by atoms with Crippen LogP contribution in [0, 0.1) is 10.1 Å². The number of pyridine rings is 1. The minimum absolute atomic E-state index is 0.154. The molecule has 1 rings (SSSR count). The monoisotopic (exact) mass is 227 g/mol. The van der Waals surface area contributed by atoms with E-state index in [1.165, 1.54) is 6.20 Å². The van der Waals surface area contributed by atoms with Crippen molar-refractivity contribution >= 4 is 11.4 Å². The summed E-state index contributed by atoms with van der Waals surface area (Å²) in [5.74, 6) is -0.154. The number of nitro groups is 1. The second kappa shape index (κ2) is 4.31. The molecule has 1 heterocycles. The number of nitrogens with zero attached hydrogens (tertiary/aromatic N) is 2. The molecule has 0 radical (unpaired) electrons. The molecule has 88 valence electrons. The van der Waals surface area contributed by atoms with Gasteiger partial charge in [-0.3, -0.25) is 10.1 Å². The second-order valence-electron chi connectivity index (χ2n) is 3.87. The summed E-state index contributed by atoms with van der Waals surface area (Å²) >= 11 is 0. The molecule has 0 atom stereocenters. The first kappa shape index (κ1) is 12.2. The molecule has 3 N–H and O–H groups in total. The average Bonchev–Trinajstić information content (AvgIpc) is 2.20. The summed E-state index contributed by atoms with van der Waals surface area (Å²) in [7, 11) is 0. The zero-order chi connectivity index (χ0) is 12.3. The number of nitrogens with two attached hydrogens (primary N) is 1. The van der Waals surface area contributed by atoms with Crippen molar-refractivity contribution in [3.05, 3.63) is 22.4 Å². The number of ether oxygens (including phenoxy) is 1. The topological polar surface area (TPSA) is 112 Å². The van der Waals surface area contributed by atoms with E-state index in [4.69, 9.17) is 15.6 Å². The van der Waals surface area contributed by atoms with Crippen LogP contribution in [0.25, 0.3) is 0 Å². The molecule has 1 aromatic rings. The Morgan fingerprint density at radius 1 is 1.69 bits per heavy atom. The number of hydrogen-bond acceptors (Lipinski definition) is 6. The van der Waals surface area contributed by atoms with Crippen molar-refractivity contribution in [3.63, 3.8) is 0 Å². The SMILES string of the molecule is CC(C)(CO)Oc1ncc(N)cc1[N+](=O)[O-]. The summed E-state index contributed by atoms with van der Waals surface area (Å²) in [5, 5.41) is 19.7. The molecule has 0 bridgehead atoms. The van der Waals surface area contributed by atoms with Crippen molar-refractivity contribution in [1.29, 1.82) is 0 Å². The van der Waals surface area contributed by atoms with Gasteiger partial charge in [0.15, 0.2) is 0 Å². The number of aliphatic hydroxyl groups is 1. The number of aliphatic hydroxyl groups excluding tert-OH is 1. The maximum absolute atomic E-state index is 10.7. The first-order valence-corrected chi connectivity index (χ1v) is 4.55. The van der Waals surface area contributed by atoms with Crippen molar-refractivity contribution in [2.75, 3.05) is 12.3 Å². The first-order chi connectivity index (χ1) is 7.35. The van der Waals surface area contributed by atoms with Crippen LogP contribution in [0.3, 0.4) is 0 Å². The van der Waals surface area contributed by atoms with Crippen molar-refractivity contribution in [1.82, 2.24) is 4.98 Å². The van der Waals surface area contributed by atoms with E-state index in [1.54, 1.807) is 13.8 Å². The van der Waals surface area contributed by atoms with Crippen LogP contribution in [-0.2, 0) is 0 Å². The van der Waals surface area contributed by atoms with Gasteiger partial charge in [0.05, 0.1) is 23.4 Å². The van der Waals surface area contributed by atoms with Crippen molar-refractivity contribution < 1.29 is 14.8 Å². The van der Waals surface area contributed by atoms with Gasteiger partial charge >= 0.3 is 5.69 Å². The van der Waals surface area contributed by atoms with E-state index >= 15 is 0 Å². The predicted octanol–water partition coefficient (Wildman–Crippen LogP) is 0.722. The lowest BCUT2D eigenvalue weighted by Gasteiger charge is -2.22. The molecule has 0 aliphatic rings. The molecule has 7 heteroatoms. The summed E-state index contributed by atoms with van der Waals surface area (Å²) in [6.45, 7) is 2.90. The van der Waals surface area contributed by atoms with E-state index in [2.05, 4.69) is 4.98 Å². The van der Waals surface area contributed by atoms with Crippen LogP contribution < -0.4 is 10.5 Å². The lowest BCUT2D eigenvalue weighted by Crippen LogP contribution is -2.33. The molecule has 0 fully saturated rings. The lowest BCUT2D eigenvalue weighted by atomic mass is 10.1. The molecule has 0 saturated carbocycles. The first-order valence-electron chi connectivity index (χ1n) is 4.55. The van der Waals surface area contributed by atoms with Gasteiger partial charge in [0.25, 0.3) is 5.88 Å². The van der Waals surface area contributed by atoms with Crippen molar-refractivity contribution in [2.24, 2.45) is 0 Å². The third-order valence-electron chi connectivity index (χ3n) is 1.80. The highest BCUT2D eigenvalue weighted by molar-refractivity contribution is 5.51. The predicted molar refractivity (Wildman–Crippen MR) is 57.1 cm³/mol. The van der Waals surface area contributed by atoms with Crippen molar-refractivity contribution in [2.45, 2.75) is 19.4 Å². The molecule has 0 aromatic carbocycles. The molecule has 16 heavy (non-hydrogen) atoms.